The van der Waals surface area contributed by atoms with Crippen molar-refractivity contribution in [3.8, 4) is 0 Å². The fraction of sp³-hybridized carbons (Fsp3) is 0.825. The van der Waals surface area contributed by atoms with Gasteiger partial charge in [-0.3, -0.25) is 14.6 Å². The first kappa shape index (κ1) is 34.7. The number of aryl methyl sites for hydroxylation is 1. The van der Waals surface area contributed by atoms with Crippen LogP contribution < -0.4 is 11.2 Å². The average molecular weight is 651 g/mol. The lowest BCUT2D eigenvalue weighted by Crippen LogP contribution is -2.65. The highest BCUT2D eigenvalue weighted by atomic mass is 16.5. The van der Waals surface area contributed by atoms with E-state index < -0.39 is 5.41 Å². The van der Waals surface area contributed by atoms with Crippen LogP contribution in [-0.4, -0.2) is 33.3 Å². The molecule has 4 fully saturated rings. The number of H-pyrrole nitrogens is 1. The van der Waals surface area contributed by atoms with Crippen molar-refractivity contribution in [3.05, 3.63) is 44.8 Å². The monoisotopic (exact) mass is 650 g/mol. The number of unbranched alkanes of at least 4 members (excludes halogenated alkanes) is 3. The second kappa shape index (κ2) is 12.0. The van der Waals surface area contributed by atoms with Crippen LogP contribution in [0.15, 0.2) is 33.5 Å². The number of ether oxygens (including phenoxy) is 1. The maximum atomic E-state index is 14.2. The predicted molar refractivity (Wildman–Crippen MR) is 186 cm³/mol. The summed E-state index contributed by atoms with van der Waals surface area (Å²) in [6, 6.07) is 1.38. The van der Waals surface area contributed by atoms with Gasteiger partial charge in [0.1, 0.15) is 0 Å². The van der Waals surface area contributed by atoms with Crippen LogP contribution in [0.5, 0.6) is 0 Å². The summed E-state index contributed by atoms with van der Waals surface area (Å²) in [5.74, 6) is 1.40. The Morgan fingerprint density at radius 1 is 0.915 bits per heavy atom. The molecule has 6 rings (SSSR count). The number of fused-ring (bicyclic) bond motifs is 7. The number of esters is 1. The Labute approximate surface area is 282 Å². The topological polar surface area (TPSA) is 101 Å². The summed E-state index contributed by atoms with van der Waals surface area (Å²) in [4.78, 5) is 39.8. The minimum atomic E-state index is -0.423. The zero-order chi connectivity index (χ0) is 34.0. The third-order valence-corrected chi connectivity index (χ3v) is 15.4. The number of hydrogen-bond acceptors (Lipinski definition) is 5. The molecule has 8 atom stereocenters. The maximum absolute atomic E-state index is 14.2. The van der Waals surface area contributed by atoms with Gasteiger partial charge in [-0.2, -0.15) is 0 Å². The van der Waals surface area contributed by atoms with Crippen LogP contribution in [0.4, 0.5) is 0 Å². The number of aromatic nitrogens is 2. The minimum absolute atomic E-state index is 0.0340. The molecule has 0 saturated heterocycles. The molecule has 47 heavy (non-hydrogen) atoms. The van der Waals surface area contributed by atoms with Crippen LogP contribution in [0.1, 0.15) is 138 Å². The molecule has 5 aliphatic carbocycles. The van der Waals surface area contributed by atoms with Gasteiger partial charge < -0.3 is 14.4 Å². The molecule has 0 bridgehead atoms. The lowest BCUT2D eigenvalue weighted by Gasteiger charge is -2.71. The van der Waals surface area contributed by atoms with Crippen molar-refractivity contribution < 1.29 is 14.6 Å². The number of nitrogens with zero attached hydrogens (tertiary/aromatic N) is 1. The van der Waals surface area contributed by atoms with E-state index in [2.05, 4.69) is 59.5 Å². The van der Waals surface area contributed by atoms with Gasteiger partial charge in [0, 0.05) is 18.8 Å². The maximum Gasteiger partial charge on any atom is 0.328 e. The lowest BCUT2D eigenvalue weighted by atomic mass is 9.33. The zero-order valence-electron chi connectivity index (χ0n) is 30.4. The molecular weight excluding hydrogens is 588 g/mol. The van der Waals surface area contributed by atoms with Gasteiger partial charge >= 0.3 is 11.7 Å². The van der Waals surface area contributed by atoms with Crippen LogP contribution in [0.25, 0.3) is 0 Å². The van der Waals surface area contributed by atoms with Crippen molar-refractivity contribution in [1.29, 1.82) is 0 Å². The van der Waals surface area contributed by atoms with E-state index in [9.17, 15) is 19.5 Å². The summed E-state index contributed by atoms with van der Waals surface area (Å²) >= 11 is 0. The summed E-state index contributed by atoms with van der Waals surface area (Å²) in [5.41, 5.74) is 1.02. The van der Waals surface area contributed by atoms with Gasteiger partial charge in [-0.05, 0) is 128 Å². The normalized spacial score (nSPS) is 40.2. The van der Waals surface area contributed by atoms with Crippen LogP contribution in [0.2, 0.25) is 0 Å². The highest BCUT2D eigenvalue weighted by molar-refractivity contribution is 5.78. The molecule has 0 unspecified atom stereocenters. The first-order valence-corrected chi connectivity index (χ1v) is 18.9. The van der Waals surface area contributed by atoms with Crippen molar-refractivity contribution >= 4 is 5.97 Å². The first-order valence-electron chi connectivity index (χ1n) is 18.9. The zero-order valence-corrected chi connectivity index (χ0v) is 30.4. The number of nitrogens with one attached hydrogen (secondary N) is 1. The quantitative estimate of drug-likeness (QED) is 0.170. The van der Waals surface area contributed by atoms with Crippen LogP contribution in [0, 0.1) is 50.2 Å². The lowest BCUT2D eigenvalue weighted by molar-refractivity contribution is -0.206. The van der Waals surface area contributed by atoms with Gasteiger partial charge in [0.25, 0.3) is 5.56 Å². The smallest absolute Gasteiger partial charge is 0.328 e. The molecule has 1 heterocycles. The molecule has 0 aliphatic heterocycles. The largest absolute Gasteiger partial charge is 0.465 e. The van der Waals surface area contributed by atoms with E-state index in [0.29, 0.717) is 25.0 Å². The van der Waals surface area contributed by atoms with Crippen molar-refractivity contribution in [2.45, 2.75) is 151 Å². The fourth-order valence-electron chi connectivity index (χ4n) is 12.3. The SMILES string of the molecule is CC1(C)CC[C@]2(C(=O)OCCCCCCn3ccc(=O)[nH]c3=O)CC[C@]3(C)C(=CC[C@@H]4[C@@]5(C)CC[C@H](O)C(C)(C)[C@@H]5CC[C@]43C)[C@@H]2C1. The summed E-state index contributed by atoms with van der Waals surface area (Å²) in [6.07, 6.45) is 18.0. The molecule has 262 valence electrons. The number of aliphatic hydroxyl groups excluding tert-OH is 1. The molecule has 0 aromatic carbocycles. The van der Waals surface area contributed by atoms with Crippen molar-refractivity contribution in [1.82, 2.24) is 9.55 Å². The number of aliphatic hydroxyl groups is 1. The second-order valence-corrected chi connectivity index (χ2v) is 18.6. The Kier molecular flexibility index (Phi) is 8.87. The third kappa shape index (κ3) is 5.53. The van der Waals surface area contributed by atoms with Gasteiger partial charge in [0.05, 0.1) is 18.1 Å². The average Bonchev–Trinajstić information content (AvgIpc) is 2.99. The van der Waals surface area contributed by atoms with E-state index in [1.165, 1.54) is 23.5 Å². The summed E-state index contributed by atoms with van der Waals surface area (Å²) in [7, 11) is 0. The van der Waals surface area contributed by atoms with Gasteiger partial charge in [0.2, 0.25) is 0 Å². The van der Waals surface area contributed by atoms with Crippen molar-refractivity contribution in [2.75, 3.05) is 6.61 Å². The predicted octanol–water partition coefficient (Wildman–Crippen LogP) is 7.80. The number of hydrogen-bond donors (Lipinski definition) is 2. The number of aromatic amines is 1. The Hall–Kier alpha value is -2.15. The van der Waals surface area contributed by atoms with Crippen LogP contribution in [0.3, 0.4) is 0 Å². The highest BCUT2D eigenvalue weighted by Gasteiger charge is 2.69. The number of carbonyl (C=O) groups is 1. The standard InChI is InChI=1S/C40H62N2O5/c1-35(2)19-21-40(33(45)47-25-11-9-8-10-23-42-24-16-32(44)41-34(42)46)22-20-38(6)27(28(40)26-35)12-13-30-37(5)17-15-31(43)36(3,4)29(37)14-18-39(30,38)7/h12,16,24,28-31,43H,8-11,13-15,17-23,25-26H2,1-7H3,(H,41,44,46)/t28-,29-,30+,31-,37-,38+,39+,40-/m0/s1. The number of rotatable bonds is 8. The van der Waals surface area contributed by atoms with Crippen LogP contribution >= 0.6 is 0 Å². The molecule has 7 nitrogen and oxygen atoms in total. The van der Waals surface area contributed by atoms with Crippen molar-refractivity contribution in [2.24, 2.45) is 50.2 Å². The number of allylic oxidation sites excluding steroid dienone is 2. The molecule has 2 N–H and O–H groups in total. The fourth-order valence-corrected chi connectivity index (χ4v) is 12.3. The summed E-state index contributed by atoms with van der Waals surface area (Å²) < 4.78 is 7.73. The molecule has 1 aromatic rings. The first-order chi connectivity index (χ1) is 22.0. The van der Waals surface area contributed by atoms with Gasteiger partial charge in [-0.15, -0.1) is 0 Å². The number of carbonyl (C=O) groups excluding carboxylic acids is 1. The van der Waals surface area contributed by atoms with E-state index in [0.717, 1.165) is 77.0 Å². The van der Waals surface area contributed by atoms with Crippen molar-refractivity contribution in [3.63, 3.8) is 0 Å². The molecule has 5 aliphatic rings. The summed E-state index contributed by atoms with van der Waals surface area (Å²) in [6.45, 7) is 18.2. The van der Waals surface area contributed by atoms with Crippen LogP contribution in [-0.2, 0) is 16.1 Å². The van der Waals surface area contributed by atoms with E-state index in [-0.39, 0.29) is 56.3 Å². The Bertz CT molecular complexity index is 1500. The van der Waals surface area contributed by atoms with E-state index >= 15 is 0 Å². The molecule has 7 heteroatoms. The third-order valence-electron chi connectivity index (χ3n) is 15.4. The van der Waals surface area contributed by atoms with Gasteiger partial charge in [0.15, 0.2) is 0 Å². The van der Waals surface area contributed by atoms with E-state index in [4.69, 9.17) is 4.74 Å². The Morgan fingerprint density at radius 2 is 1.64 bits per heavy atom. The van der Waals surface area contributed by atoms with E-state index in [1.807, 2.05) is 0 Å². The van der Waals surface area contributed by atoms with Gasteiger partial charge in [-0.1, -0.05) is 66.5 Å². The minimum Gasteiger partial charge on any atom is -0.465 e. The Balaban J connectivity index is 1.16. The highest BCUT2D eigenvalue weighted by Crippen LogP contribution is 2.75. The van der Waals surface area contributed by atoms with E-state index in [1.54, 1.807) is 11.8 Å². The molecule has 4 saturated carbocycles. The molecular formula is C40H62N2O5. The molecule has 0 amide bonds. The Morgan fingerprint density at radius 3 is 2.38 bits per heavy atom. The molecule has 0 radical (unpaired) electrons. The van der Waals surface area contributed by atoms with Gasteiger partial charge in [-0.25, -0.2) is 4.79 Å². The second-order valence-electron chi connectivity index (χ2n) is 18.6. The molecule has 1 aromatic heterocycles. The molecule has 0 spiro atoms. The summed E-state index contributed by atoms with van der Waals surface area (Å²) in [5, 5.41) is 11.0.